The molecule has 0 aromatic carbocycles. The third-order valence-corrected chi connectivity index (χ3v) is 4.90. The average molecular weight is 254 g/mol. The minimum Gasteiger partial charge on any atom is -0.317 e. The van der Waals surface area contributed by atoms with Crippen molar-refractivity contribution < 1.29 is 0 Å². The molecule has 0 amide bonds. The second-order valence-electron chi connectivity index (χ2n) is 6.91. The number of rotatable bonds is 7. The van der Waals surface area contributed by atoms with Crippen LogP contribution in [0.1, 0.15) is 65.7 Å². The van der Waals surface area contributed by atoms with E-state index in [1.165, 1.54) is 51.5 Å². The number of nitrogens with zero attached hydrogens (tertiary/aromatic N) is 1. The maximum Gasteiger partial charge on any atom is 0.00926 e. The molecule has 2 heteroatoms. The Kier molecular flexibility index (Phi) is 6.65. The van der Waals surface area contributed by atoms with Crippen LogP contribution in [-0.4, -0.2) is 37.6 Å². The van der Waals surface area contributed by atoms with Crippen LogP contribution in [0.15, 0.2) is 0 Å². The van der Waals surface area contributed by atoms with E-state index in [1.54, 1.807) is 0 Å². The molecule has 0 radical (unpaired) electrons. The maximum atomic E-state index is 3.40. The van der Waals surface area contributed by atoms with Crippen LogP contribution < -0.4 is 5.32 Å². The lowest BCUT2D eigenvalue weighted by Crippen LogP contribution is -2.38. The van der Waals surface area contributed by atoms with Crippen LogP contribution in [0, 0.1) is 5.41 Å². The Morgan fingerprint density at radius 1 is 1.28 bits per heavy atom. The molecule has 1 unspecified atom stereocenters. The van der Waals surface area contributed by atoms with Crippen molar-refractivity contribution >= 4 is 0 Å². The van der Waals surface area contributed by atoms with E-state index >= 15 is 0 Å². The molecular weight excluding hydrogens is 220 g/mol. The first-order valence-electron chi connectivity index (χ1n) is 7.86. The largest absolute Gasteiger partial charge is 0.317 e. The highest BCUT2D eigenvalue weighted by atomic mass is 15.1. The fraction of sp³-hybridized carbons (Fsp3) is 1.00. The van der Waals surface area contributed by atoms with Gasteiger partial charge in [-0.15, -0.1) is 0 Å². The Morgan fingerprint density at radius 3 is 2.39 bits per heavy atom. The molecule has 0 saturated heterocycles. The van der Waals surface area contributed by atoms with Crippen LogP contribution in [-0.2, 0) is 0 Å². The summed E-state index contributed by atoms with van der Waals surface area (Å²) >= 11 is 0. The van der Waals surface area contributed by atoms with E-state index in [0.29, 0.717) is 11.5 Å². The van der Waals surface area contributed by atoms with Gasteiger partial charge in [-0.3, -0.25) is 0 Å². The predicted octanol–water partition coefficient (Wildman–Crippen LogP) is 3.67. The molecule has 1 N–H and O–H groups in total. The summed E-state index contributed by atoms with van der Waals surface area (Å²) in [4.78, 5) is 2.61. The second-order valence-corrected chi connectivity index (χ2v) is 6.91. The number of hydrogen-bond acceptors (Lipinski definition) is 2. The third-order valence-electron chi connectivity index (χ3n) is 4.90. The van der Waals surface area contributed by atoms with Crippen LogP contribution in [0.3, 0.4) is 0 Å². The van der Waals surface area contributed by atoms with Crippen molar-refractivity contribution in [2.75, 3.05) is 20.6 Å². The molecule has 1 aliphatic rings. The lowest BCUT2D eigenvalue weighted by molar-refractivity contribution is 0.125. The van der Waals surface area contributed by atoms with Crippen molar-refractivity contribution in [3.05, 3.63) is 0 Å². The zero-order chi connectivity index (χ0) is 13.6. The standard InChI is InChI=1S/C16H34N2/c1-6-14(17-4)8-7-13-18(5)15-9-11-16(2,3)12-10-15/h14-15,17H,6-13H2,1-5H3. The first-order valence-corrected chi connectivity index (χ1v) is 7.86. The van der Waals surface area contributed by atoms with E-state index in [-0.39, 0.29) is 0 Å². The molecule has 2 nitrogen and oxygen atoms in total. The van der Waals surface area contributed by atoms with Gasteiger partial charge in [0.25, 0.3) is 0 Å². The van der Waals surface area contributed by atoms with Crippen molar-refractivity contribution in [2.45, 2.75) is 77.8 Å². The fourth-order valence-corrected chi connectivity index (χ4v) is 3.15. The Hall–Kier alpha value is -0.0800. The lowest BCUT2D eigenvalue weighted by atomic mass is 9.75. The summed E-state index contributed by atoms with van der Waals surface area (Å²) in [6, 6.07) is 1.55. The van der Waals surface area contributed by atoms with Gasteiger partial charge in [-0.1, -0.05) is 20.8 Å². The van der Waals surface area contributed by atoms with Crippen LogP contribution in [0.2, 0.25) is 0 Å². The lowest BCUT2D eigenvalue weighted by Gasteiger charge is -2.38. The van der Waals surface area contributed by atoms with E-state index < -0.39 is 0 Å². The van der Waals surface area contributed by atoms with E-state index in [9.17, 15) is 0 Å². The third kappa shape index (κ3) is 5.27. The van der Waals surface area contributed by atoms with Crippen molar-refractivity contribution in [3.63, 3.8) is 0 Å². The van der Waals surface area contributed by atoms with Gasteiger partial charge in [0, 0.05) is 12.1 Å². The fourth-order valence-electron chi connectivity index (χ4n) is 3.15. The molecule has 1 rings (SSSR count). The van der Waals surface area contributed by atoms with E-state index in [2.05, 4.69) is 45.1 Å². The maximum absolute atomic E-state index is 3.40. The Morgan fingerprint density at radius 2 is 1.89 bits per heavy atom. The molecule has 0 aromatic rings. The molecule has 1 atom stereocenters. The van der Waals surface area contributed by atoms with Crippen molar-refractivity contribution in [1.82, 2.24) is 10.2 Å². The van der Waals surface area contributed by atoms with Gasteiger partial charge in [-0.25, -0.2) is 0 Å². The molecule has 108 valence electrons. The summed E-state index contributed by atoms with van der Waals surface area (Å²) in [6.07, 6.45) is 9.48. The minimum atomic E-state index is 0.594. The van der Waals surface area contributed by atoms with E-state index in [1.807, 2.05) is 0 Å². The summed E-state index contributed by atoms with van der Waals surface area (Å²) in [7, 11) is 4.41. The van der Waals surface area contributed by atoms with Gasteiger partial charge >= 0.3 is 0 Å². The first-order chi connectivity index (χ1) is 8.48. The van der Waals surface area contributed by atoms with Gasteiger partial charge in [-0.05, 0) is 71.0 Å². The van der Waals surface area contributed by atoms with Gasteiger partial charge in [0.05, 0.1) is 0 Å². The van der Waals surface area contributed by atoms with E-state index in [0.717, 1.165) is 6.04 Å². The van der Waals surface area contributed by atoms with Crippen LogP contribution in [0.5, 0.6) is 0 Å². The van der Waals surface area contributed by atoms with Crippen LogP contribution in [0.25, 0.3) is 0 Å². The quantitative estimate of drug-likeness (QED) is 0.746. The molecule has 1 aliphatic carbocycles. The van der Waals surface area contributed by atoms with Gasteiger partial charge in [-0.2, -0.15) is 0 Å². The van der Waals surface area contributed by atoms with Gasteiger partial charge < -0.3 is 10.2 Å². The second kappa shape index (κ2) is 7.49. The molecule has 0 spiro atoms. The predicted molar refractivity (Wildman–Crippen MR) is 81.0 cm³/mol. The minimum absolute atomic E-state index is 0.594. The molecule has 0 bridgehead atoms. The first kappa shape index (κ1) is 16.0. The van der Waals surface area contributed by atoms with Crippen molar-refractivity contribution in [1.29, 1.82) is 0 Å². The van der Waals surface area contributed by atoms with Gasteiger partial charge in [0.2, 0.25) is 0 Å². The molecule has 0 heterocycles. The summed E-state index contributed by atoms with van der Waals surface area (Å²) < 4.78 is 0. The molecule has 1 saturated carbocycles. The van der Waals surface area contributed by atoms with Gasteiger partial charge in [0.15, 0.2) is 0 Å². The SMILES string of the molecule is CCC(CCCN(C)C1CCC(C)(C)CC1)NC. The molecule has 0 aliphatic heterocycles. The highest BCUT2D eigenvalue weighted by Crippen LogP contribution is 2.36. The van der Waals surface area contributed by atoms with Crippen LogP contribution >= 0.6 is 0 Å². The molecule has 18 heavy (non-hydrogen) atoms. The Balaban J connectivity index is 2.19. The highest BCUT2D eigenvalue weighted by molar-refractivity contribution is 4.82. The Labute approximate surface area is 115 Å². The monoisotopic (exact) mass is 254 g/mol. The zero-order valence-corrected chi connectivity index (χ0v) is 13.3. The van der Waals surface area contributed by atoms with Crippen LogP contribution in [0.4, 0.5) is 0 Å². The van der Waals surface area contributed by atoms with Crippen molar-refractivity contribution in [3.8, 4) is 0 Å². The number of nitrogens with one attached hydrogen (secondary N) is 1. The summed E-state index contributed by atoms with van der Waals surface area (Å²) in [5, 5.41) is 3.40. The number of hydrogen-bond donors (Lipinski definition) is 1. The normalized spacial score (nSPS) is 22.3. The smallest absolute Gasteiger partial charge is 0.00926 e. The molecular formula is C16H34N2. The van der Waals surface area contributed by atoms with Gasteiger partial charge in [0.1, 0.15) is 0 Å². The van der Waals surface area contributed by atoms with E-state index in [4.69, 9.17) is 0 Å². The highest BCUT2D eigenvalue weighted by Gasteiger charge is 2.28. The summed E-state index contributed by atoms with van der Waals surface area (Å²) in [6.45, 7) is 8.38. The zero-order valence-electron chi connectivity index (χ0n) is 13.3. The van der Waals surface area contributed by atoms with Crippen molar-refractivity contribution in [2.24, 2.45) is 5.41 Å². The average Bonchev–Trinajstić information content (AvgIpc) is 2.34. The topological polar surface area (TPSA) is 15.3 Å². The summed E-state index contributed by atoms with van der Waals surface area (Å²) in [5.41, 5.74) is 0.594. The molecule has 0 aromatic heterocycles. The molecule has 1 fully saturated rings. The summed E-state index contributed by atoms with van der Waals surface area (Å²) in [5.74, 6) is 0. The Bertz CT molecular complexity index is 211.